The van der Waals surface area contributed by atoms with E-state index in [0.29, 0.717) is 25.0 Å². The number of rotatable bonds is 5. The second-order valence-corrected chi connectivity index (χ2v) is 6.92. The number of carboxylic acid groups (broad SMARTS) is 1. The van der Waals surface area contributed by atoms with Gasteiger partial charge in [0, 0.05) is 17.8 Å². The zero-order chi connectivity index (χ0) is 15.6. The van der Waals surface area contributed by atoms with Gasteiger partial charge in [0.2, 0.25) is 5.91 Å². The van der Waals surface area contributed by atoms with Crippen LogP contribution >= 0.6 is 0 Å². The maximum absolute atomic E-state index is 12.3. The molecule has 0 radical (unpaired) electrons. The number of carboxylic acids is 1. The van der Waals surface area contributed by atoms with Crippen molar-refractivity contribution in [1.29, 1.82) is 0 Å². The number of nitrogens with one attached hydrogen (secondary N) is 1. The van der Waals surface area contributed by atoms with E-state index in [1.807, 2.05) is 13.8 Å². The van der Waals surface area contributed by atoms with Gasteiger partial charge in [-0.1, -0.05) is 20.3 Å². The predicted octanol–water partition coefficient (Wildman–Crippen LogP) is 2.00. The lowest BCUT2D eigenvalue weighted by Gasteiger charge is -2.37. The second-order valence-electron chi connectivity index (χ2n) is 6.92. The van der Waals surface area contributed by atoms with Gasteiger partial charge in [-0.3, -0.25) is 9.59 Å². The van der Waals surface area contributed by atoms with Gasteiger partial charge in [0.1, 0.15) is 11.8 Å². The highest BCUT2D eigenvalue weighted by Crippen LogP contribution is 2.40. The minimum Gasteiger partial charge on any atom is -0.480 e. The Hall–Kier alpha value is -1.39. The van der Waals surface area contributed by atoms with Crippen molar-refractivity contribution in [2.24, 2.45) is 23.7 Å². The molecule has 21 heavy (non-hydrogen) atoms. The van der Waals surface area contributed by atoms with E-state index in [9.17, 15) is 19.5 Å². The highest BCUT2D eigenvalue weighted by Gasteiger charge is 2.41. The summed E-state index contributed by atoms with van der Waals surface area (Å²) in [6.45, 7) is 3.87. The van der Waals surface area contributed by atoms with Crippen molar-refractivity contribution in [3.63, 3.8) is 0 Å². The van der Waals surface area contributed by atoms with Crippen LogP contribution in [0.5, 0.6) is 0 Å². The molecule has 0 saturated heterocycles. The maximum atomic E-state index is 12.3. The lowest BCUT2D eigenvalue weighted by Crippen LogP contribution is -2.48. The zero-order valence-corrected chi connectivity index (χ0v) is 12.8. The number of hydrogen-bond donors (Lipinski definition) is 2. The molecular formula is C16H25NO4. The number of carbonyl (C=O) groups excluding carboxylic acids is 2. The third-order valence-corrected chi connectivity index (χ3v) is 4.74. The standard InChI is InChI=1S/C16H25NO4/c1-9(2)6-13(16(20)21)17-15(19)12-7-10-4-3-5-11(8-12)14(10)18/h9-13H,3-8H2,1-2H3,(H,17,19)(H,20,21)/t10-,11+,12?,13-/m1/s1. The zero-order valence-electron chi connectivity index (χ0n) is 12.8. The number of aliphatic carboxylic acids is 1. The van der Waals surface area contributed by atoms with Crippen LogP contribution < -0.4 is 5.32 Å². The Balaban J connectivity index is 1.96. The van der Waals surface area contributed by atoms with E-state index in [1.54, 1.807) is 0 Å². The number of hydrogen-bond acceptors (Lipinski definition) is 3. The first-order chi connectivity index (χ1) is 9.88. The Kier molecular flexibility index (Phi) is 5.01. The lowest BCUT2D eigenvalue weighted by atomic mass is 9.67. The quantitative estimate of drug-likeness (QED) is 0.812. The van der Waals surface area contributed by atoms with E-state index in [0.717, 1.165) is 19.3 Å². The minimum absolute atomic E-state index is 0.0154. The molecule has 0 spiro atoms. The highest BCUT2D eigenvalue weighted by atomic mass is 16.4. The Bertz CT molecular complexity index is 416. The lowest BCUT2D eigenvalue weighted by molar-refractivity contribution is -0.145. The van der Waals surface area contributed by atoms with E-state index in [-0.39, 0.29) is 29.6 Å². The third-order valence-electron chi connectivity index (χ3n) is 4.74. The Morgan fingerprint density at radius 2 is 1.81 bits per heavy atom. The van der Waals surface area contributed by atoms with Gasteiger partial charge in [-0.25, -0.2) is 4.79 Å². The molecule has 5 heteroatoms. The van der Waals surface area contributed by atoms with Crippen LogP contribution in [0.25, 0.3) is 0 Å². The van der Waals surface area contributed by atoms with Gasteiger partial charge in [0.05, 0.1) is 0 Å². The normalized spacial score (nSPS) is 30.0. The molecule has 0 aromatic carbocycles. The SMILES string of the molecule is CC(C)C[C@@H](NC(=O)C1C[C@H]2CCC[C@@H](C1)C2=O)C(=O)O. The van der Waals surface area contributed by atoms with Gasteiger partial charge >= 0.3 is 5.97 Å². The Labute approximate surface area is 125 Å². The summed E-state index contributed by atoms with van der Waals surface area (Å²) in [5, 5.41) is 11.9. The summed E-state index contributed by atoms with van der Waals surface area (Å²) in [4.78, 5) is 35.6. The number of ketones is 1. The second kappa shape index (κ2) is 6.58. The van der Waals surface area contributed by atoms with Crippen molar-refractivity contribution < 1.29 is 19.5 Å². The van der Waals surface area contributed by atoms with Crippen LogP contribution in [-0.4, -0.2) is 28.8 Å². The summed E-state index contributed by atoms with van der Waals surface area (Å²) in [5.74, 6) is -0.812. The van der Waals surface area contributed by atoms with Crippen molar-refractivity contribution in [3.8, 4) is 0 Å². The monoisotopic (exact) mass is 295 g/mol. The minimum atomic E-state index is -0.982. The van der Waals surface area contributed by atoms with Crippen LogP contribution in [0.2, 0.25) is 0 Å². The van der Waals surface area contributed by atoms with Crippen LogP contribution in [0.15, 0.2) is 0 Å². The number of fused-ring (bicyclic) bond motifs is 2. The van der Waals surface area contributed by atoms with Crippen molar-refractivity contribution in [2.75, 3.05) is 0 Å². The molecule has 5 nitrogen and oxygen atoms in total. The average molecular weight is 295 g/mol. The summed E-state index contributed by atoms with van der Waals surface area (Å²) >= 11 is 0. The van der Waals surface area contributed by atoms with E-state index < -0.39 is 12.0 Å². The van der Waals surface area contributed by atoms with Gasteiger partial charge in [-0.2, -0.15) is 0 Å². The molecular weight excluding hydrogens is 270 g/mol. The Morgan fingerprint density at radius 3 is 2.29 bits per heavy atom. The average Bonchev–Trinajstić information content (AvgIpc) is 2.36. The van der Waals surface area contributed by atoms with Gasteiger partial charge in [0.25, 0.3) is 0 Å². The first-order valence-electron chi connectivity index (χ1n) is 7.95. The van der Waals surface area contributed by atoms with Crippen molar-refractivity contribution in [3.05, 3.63) is 0 Å². The van der Waals surface area contributed by atoms with Gasteiger partial charge in [-0.15, -0.1) is 0 Å². The van der Waals surface area contributed by atoms with E-state index in [1.165, 1.54) is 0 Å². The van der Waals surface area contributed by atoms with E-state index in [2.05, 4.69) is 5.32 Å². The van der Waals surface area contributed by atoms with Crippen molar-refractivity contribution >= 4 is 17.7 Å². The highest BCUT2D eigenvalue weighted by molar-refractivity contribution is 5.90. The predicted molar refractivity (Wildman–Crippen MR) is 77.6 cm³/mol. The molecule has 2 rings (SSSR count). The number of carbonyl (C=O) groups is 3. The first kappa shape index (κ1) is 16.0. The molecule has 118 valence electrons. The van der Waals surface area contributed by atoms with E-state index in [4.69, 9.17) is 0 Å². The summed E-state index contributed by atoms with van der Waals surface area (Å²) in [6.07, 6.45) is 4.45. The molecule has 0 aliphatic heterocycles. The molecule has 0 aromatic rings. The molecule has 2 aliphatic rings. The van der Waals surface area contributed by atoms with Crippen LogP contribution in [0.1, 0.15) is 52.4 Å². The number of Topliss-reactive ketones (excluding diaryl/α,β-unsaturated/α-hetero) is 1. The third kappa shape index (κ3) is 3.83. The van der Waals surface area contributed by atoms with Gasteiger partial charge in [0.15, 0.2) is 0 Å². The largest absolute Gasteiger partial charge is 0.480 e. The van der Waals surface area contributed by atoms with Crippen LogP contribution in [0.3, 0.4) is 0 Å². The molecule has 2 fully saturated rings. The molecule has 2 N–H and O–H groups in total. The molecule has 2 saturated carbocycles. The topological polar surface area (TPSA) is 83.5 Å². The fourth-order valence-corrected chi connectivity index (χ4v) is 3.68. The van der Waals surface area contributed by atoms with Crippen molar-refractivity contribution in [1.82, 2.24) is 5.32 Å². The first-order valence-corrected chi connectivity index (χ1v) is 7.95. The molecule has 2 bridgehead atoms. The summed E-state index contributed by atoms with van der Waals surface area (Å²) in [7, 11) is 0. The summed E-state index contributed by atoms with van der Waals surface area (Å²) in [6, 6.07) is -0.824. The molecule has 0 heterocycles. The van der Waals surface area contributed by atoms with E-state index >= 15 is 0 Å². The van der Waals surface area contributed by atoms with Crippen molar-refractivity contribution in [2.45, 2.75) is 58.4 Å². The molecule has 4 atom stereocenters. The summed E-state index contributed by atoms with van der Waals surface area (Å²) < 4.78 is 0. The fourth-order valence-electron chi connectivity index (χ4n) is 3.68. The van der Waals surface area contributed by atoms with Gasteiger partial charge in [-0.05, 0) is 38.0 Å². The van der Waals surface area contributed by atoms with Gasteiger partial charge < -0.3 is 10.4 Å². The smallest absolute Gasteiger partial charge is 0.326 e. The number of amides is 1. The molecule has 2 aliphatic carbocycles. The maximum Gasteiger partial charge on any atom is 0.326 e. The molecule has 1 amide bonds. The van der Waals surface area contributed by atoms with Crippen LogP contribution in [0.4, 0.5) is 0 Å². The van der Waals surface area contributed by atoms with Crippen LogP contribution in [-0.2, 0) is 14.4 Å². The Morgan fingerprint density at radius 1 is 1.24 bits per heavy atom. The molecule has 1 unspecified atom stereocenters. The van der Waals surface area contributed by atoms with Crippen LogP contribution in [0, 0.1) is 23.7 Å². The summed E-state index contributed by atoms with van der Waals surface area (Å²) in [5.41, 5.74) is 0. The molecule has 0 aromatic heterocycles. The fraction of sp³-hybridized carbons (Fsp3) is 0.812.